The Kier molecular flexibility index (Phi) is 5.39. The van der Waals surface area contributed by atoms with Gasteiger partial charge in [-0.05, 0) is 18.1 Å². The van der Waals surface area contributed by atoms with Crippen LogP contribution in [-0.2, 0) is 23.8 Å². The van der Waals surface area contributed by atoms with Gasteiger partial charge >= 0.3 is 6.18 Å². The normalized spacial score (nSPS) is 19.3. The summed E-state index contributed by atoms with van der Waals surface area (Å²) in [5.74, 6) is 1.03. The summed E-state index contributed by atoms with van der Waals surface area (Å²) in [6.45, 7) is 4.42. The molecule has 0 spiro atoms. The molecule has 1 aromatic carbocycles. The van der Waals surface area contributed by atoms with Crippen LogP contribution in [0.1, 0.15) is 35.9 Å². The lowest BCUT2D eigenvalue weighted by atomic mass is 10.1. The quantitative estimate of drug-likeness (QED) is 0.824. The topological polar surface area (TPSA) is 51.4 Å². The van der Waals surface area contributed by atoms with Crippen molar-refractivity contribution >= 4 is 0 Å². The predicted octanol–water partition coefficient (Wildman–Crippen LogP) is 3.27. The highest BCUT2D eigenvalue weighted by Crippen LogP contribution is 2.29. The maximum absolute atomic E-state index is 12.8. The molecule has 1 fully saturated rings. The maximum atomic E-state index is 12.8. The van der Waals surface area contributed by atoms with E-state index in [0.29, 0.717) is 49.9 Å². The molecule has 0 N–H and O–H groups in total. The minimum Gasteiger partial charge on any atom is -0.422 e. The third kappa shape index (κ3) is 4.58. The van der Waals surface area contributed by atoms with Gasteiger partial charge < -0.3 is 9.15 Å². The number of morpholine rings is 1. The van der Waals surface area contributed by atoms with E-state index in [1.165, 1.54) is 12.1 Å². The number of aryl methyl sites for hydroxylation is 1. The van der Waals surface area contributed by atoms with E-state index in [1.807, 2.05) is 6.92 Å². The Labute approximate surface area is 143 Å². The molecule has 2 heterocycles. The summed E-state index contributed by atoms with van der Waals surface area (Å²) < 4.78 is 49.6. The minimum atomic E-state index is -4.31. The van der Waals surface area contributed by atoms with Gasteiger partial charge in [-0.2, -0.15) is 13.2 Å². The Balaban J connectivity index is 1.58. The van der Waals surface area contributed by atoms with Crippen LogP contribution >= 0.6 is 0 Å². The van der Waals surface area contributed by atoms with Gasteiger partial charge in [-0.15, -0.1) is 10.2 Å². The molecular formula is C17H20F3N3O2. The predicted molar refractivity (Wildman–Crippen MR) is 84.0 cm³/mol. The van der Waals surface area contributed by atoms with Crippen LogP contribution in [0.2, 0.25) is 0 Å². The molecule has 2 aromatic rings. The summed E-state index contributed by atoms with van der Waals surface area (Å²) in [6.07, 6.45) is -3.39. The van der Waals surface area contributed by atoms with Crippen LogP contribution < -0.4 is 0 Å². The van der Waals surface area contributed by atoms with Crippen molar-refractivity contribution in [1.29, 1.82) is 0 Å². The van der Waals surface area contributed by atoms with Gasteiger partial charge in [0.15, 0.2) is 0 Å². The smallest absolute Gasteiger partial charge is 0.416 e. The Bertz CT molecular complexity index is 702. The molecule has 0 aliphatic carbocycles. The van der Waals surface area contributed by atoms with E-state index in [1.54, 1.807) is 6.07 Å². The lowest BCUT2D eigenvalue weighted by Gasteiger charge is -2.31. The van der Waals surface area contributed by atoms with Crippen LogP contribution in [-0.4, -0.2) is 41.3 Å². The van der Waals surface area contributed by atoms with Gasteiger partial charge in [0.1, 0.15) is 6.10 Å². The second kappa shape index (κ2) is 7.53. The second-order valence-electron chi connectivity index (χ2n) is 6.00. The van der Waals surface area contributed by atoms with E-state index in [0.717, 1.165) is 12.6 Å². The number of aromatic nitrogens is 2. The van der Waals surface area contributed by atoms with Crippen molar-refractivity contribution in [3.63, 3.8) is 0 Å². The van der Waals surface area contributed by atoms with Gasteiger partial charge in [0.25, 0.3) is 0 Å². The van der Waals surface area contributed by atoms with E-state index >= 15 is 0 Å². The molecule has 1 unspecified atom stereocenters. The zero-order chi connectivity index (χ0) is 17.9. The first kappa shape index (κ1) is 17.9. The number of ether oxygens (including phenoxy) is 1. The van der Waals surface area contributed by atoms with Crippen LogP contribution in [0.3, 0.4) is 0 Å². The van der Waals surface area contributed by atoms with E-state index in [-0.39, 0.29) is 6.10 Å². The number of hydrogen-bond donors (Lipinski definition) is 0. The van der Waals surface area contributed by atoms with Crippen LogP contribution in [0.25, 0.3) is 0 Å². The number of hydrogen-bond acceptors (Lipinski definition) is 5. The lowest BCUT2D eigenvalue weighted by Crippen LogP contribution is -2.39. The van der Waals surface area contributed by atoms with E-state index in [2.05, 4.69) is 15.1 Å². The van der Waals surface area contributed by atoms with Gasteiger partial charge in [0.05, 0.1) is 12.2 Å². The fourth-order valence-corrected chi connectivity index (χ4v) is 2.78. The molecule has 5 nitrogen and oxygen atoms in total. The van der Waals surface area contributed by atoms with Crippen molar-refractivity contribution in [1.82, 2.24) is 15.1 Å². The highest BCUT2D eigenvalue weighted by Gasteiger charge is 2.30. The third-order valence-corrected chi connectivity index (χ3v) is 4.18. The molecule has 1 aromatic heterocycles. The summed E-state index contributed by atoms with van der Waals surface area (Å²) in [5, 5.41) is 7.95. The van der Waals surface area contributed by atoms with Gasteiger partial charge in [-0.1, -0.05) is 25.1 Å². The number of rotatable bonds is 5. The molecule has 0 bridgehead atoms. The monoisotopic (exact) mass is 355 g/mol. The molecule has 0 saturated carbocycles. The van der Waals surface area contributed by atoms with Crippen LogP contribution in [0.15, 0.2) is 28.7 Å². The fraction of sp³-hybridized carbons (Fsp3) is 0.529. The third-order valence-electron chi connectivity index (χ3n) is 4.18. The Morgan fingerprint density at radius 3 is 2.84 bits per heavy atom. The molecule has 0 amide bonds. The molecule has 1 atom stereocenters. The van der Waals surface area contributed by atoms with Crippen LogP contribution in [0.4, 0.5) is 13.2 Å². The Morgan fingerprint density at radius 2 is 2.12 bits per heavy atom. The number of benzene rings is 1. The Morgan fingerprint density at radius 1 is 1.28 bits per heavy atom. The van der Waals surface area contributed by atoms with E-state index in [9.17, 15) is 13.2 Å². The zero-order valence-electron chi connectivity index (χ0n) is 13.9. The van der Waals surface area contributed by atoms with Gasteiger partial charge in [-0.25, -0.2) is 0 Å². The largest absolute Gasteiger partial charge is 0.422 e. The molecule has 8 heteroatoms. The SMILES string of the molecule is CCc1nnc(C2CN(CCc3cccc(C(F)(F)F)c3)CCO2)o1. The summed E-state index contributed by atoms with van der Waals surface area (Å²) in [5.41, 5.74) is 0.0618. The van der Waals surface area contributed by atoms with E-state index < -0.39 is 11.7 Å². The zero-order valence-corrected chi connectivity index (χ0v) is 13.9. The molecular weight excluding hydrogens is 335 g/mol. The maximum Gasteiger partial charge on any atom is 0.416 e. The highest BCUT2D eigenvalue weighted by molar-refractivity contribution is 5.25. The number of alkyl halides is 3. The van der Waals surface area contributed by atoms with Crippen molar-refractivity contribution in [3.05, 3.63) is 47.2 Å². The summed E-state index contributed by atoms with van der Waals surface area (Å²) in [7, 11) is 0. The van der Waals surface area contributed by atoms with Crippen molar-refractivity contribution in [2.75, 3.05) is 26.2 Å². The van der Waals surface area contributed by atoms with E-state index in [4.69, 9.17) is 9.15 Å². The number of nitrogens with zero attached hydrogens (tertiary/aromatic N) is 3. The average molecular weight is 355 g/mol. The standard InChI is InChI=1S/C17H20F3N3O2/c1-2-15-21-22-16(25-15)14-11-23(8-9-24-14)7-6-12-4-3-5-13(10-12)17(18,19)20/h3-5,10,14H,2,6-9,11H2,1H3. The first-order chi connectivity index (χ1) is 12.0. The molecule has 1 saturated heterocycles. The first-order valence-electron chi connectivity index (χ1n) is 8.28. The van der Waals surface area contributed by atoms with Gasteiger partial charge in [0, 0.05) is 26.1 Å². The molecule has 136 valence electrons. The average Bonchev–Trinajstić information content (AvgIpc) is 3.09. The molecule has 3 rings (SSSR count). The summed E-state index contributed by atoms with van der Waals surface area (Å²) in [4.78, 5) is 2.14. The second-order valence-corrected chi connectivity index (χ2v) is 6.00. The molecule has 1 aliphatic heterocycles. The van der Waals surface area contributed by atoms with Crippen LogP contribution in [0, 0.1) is 0 Å². The molecule has 25 heavy (non-hydrogen) atoms. The van der Waals surface area contributed by atoms with Crippen molar-refractivity contribution in [3.8, 4) is 0 Å². The summed E-state index contributed by atoms with van der Waals surface area (Å²) >= 11 is 0. The van der Waals surface area contributed by atoms with Crippen LogP contribution in [0.5, 0.6) is 0 Å². The fourth-order valence-electron chi connectivity index (χ4n) is 2.78. The lowest BCUT2D eigenvalue weighted by molar-refractivity contribution is -0.137. The first-order valence-corrected chi connectivity index (χ1v) is 8.28. The number of halogens is 3. The molecule has 1 aliphatic rings. The molecule has 0 radical (unpaired) electrons. The highest BCUT2D eigenvalue weighted by atomic mass is 19.4. The van der Waals surface area contributed by atoms with Crippen molar-refractivity contribution < 1.29 is 22.3 Å². The minimum absolute atomic E-state index is 0.289. The van der Waals surface area contributed by atoms with Crippen molar-refractivity contribution in [2.45, 2.75) is 32.0 Å². The van der Waals surface area contributed by atoms with Gasteiger partial charge in [-0.3, -0.25) is 4.90 Å². The summed E-state index contributed by atoms with van der Waals surface area (Å²) in [6, 6.07) is 5.47. The Hall–Kier alpha value is -1.93. The van der Waals surface area contributed by atoms with Gasteiger partial charge in [0.2, 0.25) is 11.8 Å². The van der Waals surface area contributed by atoms with Crippen molar-refractivity contribution in [2.24, 2.45) is 0 Å².